The first kappa shape index (κ1) is 18.2. The second-order valence-corrected chi connectivity index (χ2v) is 6.58. The number of rotatable bonds is 6. The lowest BCUT2D eigenvalue weighted by Crippen LogP contribution is -2.33. The molecule has 1 N–H and O–H groups in total. The molecule has 5 heteroatoms. The summed E-state index contributed by atoms with van der Waals surface area (Å²) in [6.07, 6.45) is 0.265. The Labute approximate surface area is 151 Å². The second-order valence-electron chi connectivity index (χ2n) is 5.66. The fourth-order valence-corrected chi connectivity index (χ4v) is 2.68. The van der Waals surface area contributed by atoms with E-state index in [0.29, 0.717) is 13.1 Å². The van der Waals surface area contributed by atoms with Crippen molar-refractivity contribution in [1.82, 2.24) is 5.32 Å². The van der Waals surface area contributed by atoms with Crippen molar-refractivity contribution in [2.75, 3.05) is 11.4 Å². The minimum atomic E-state index is -0.0798. The molecule has 0 saturated carbocycles. The molecule has 0 bridgehead atoms. The molecule has 0 aliphatic rings. The van der Waals surface area contributed by atoms with E-state index in [9.17, 15) is 9.59 Å². The molecule has 24 heavy (non-hydrogen) atoms. The van der Waals surface area contributed by atoms with E-state index in [1.165, 1.54) is 12.5 Å². The number of amides is 2. The first-order valence-electron chi connectivity index (χ1n) is 7.81. The SMILES string of the molecule is CC(=O)N(CCC(=O)NCc1cccc(C)c1)c1ccc(Br)cc1. The highest BCUT2D eigenvalue weighted by Crippen LogP contribution is 2.18. The lowest BCUT2D eigenvalue weighted by atomic mass is 10.1. The quantitative estimate of drug-likeness (QED) is 0.817. The number of anilines is 1. The average Bonchev–Trinajstić information content (AvgIpc) is 2.54. The summed E-state index contributed by atoms with van der Waals surface area (Å²) in [5.74, 6) is -0.149. The highest BCUT2D eigenvalue weighted by atomic mass is 79.9. The monoisotopic (exact) mass is 388 g/mol. The molecule has 0 aliphatic carbocycles. The van der Waals surface area contributed by atoms with Gasteiger partial charge >= 0.3 is 0 Å². The molecule has 0 heterocycles. The van der Waals surface area contributed by atoms with Crippen LogP contribution in [0.5, 0.6) is 0 Å². The van der Waals surface area contributed by atoms with Crippen LogP contribution in [0.15, 0.2) is 53.0 Å². The maximum absolute atomic E-state index is 12.1. The van der Waals surface area contributed by atoms with Crippen molar-refractivity contribution < 1.29 is 9.59 Å². The van der Waals surface area contributed by atoms with Gasteiger partial charge in [0.2, 0.25) is 11.8 Å². The van der Waals surface area contributed by atoms with E-state index in [1.54, 1.807) is 4.90 Å². The molecule has 126 valence electrons. The number of nitrogens with zero attached hydrogens (tertiary/aromatic N) is 1. The highest BCUT2D eigenvalue weighted by molar-refractivity contribution is 9.10. The Morgan fingerprint density at radius 1 is 1.12 bits per heavy atom. The molecule has 0 radical (unpaired) electrons. The van der Waals surface area contributed by atoms with E-state index in [4.69, 9.17) is 0 Å². The average molecular weight is 389 g/mol. The summed E-state index contributed by atoms with van der Waals surface area (Å²) in [4.78, 5) is 25.5. The third kappa shape index (κ3) is 5.49. The van der Waals surface area contributed by atoms with Crippen LogP contribution >= 0.6 is 15.9 Å². The van der Waals surface area contributed by atoms with E-state index in [2.05, 4.69) is 21.2 Å². The fraction of sp³-hybridized carbons (Fsp3) is 0.263. The van der Waals surface area contributed by atoms with Crippen molar-refractivity contribution in [2.45, 2.75) is 26.8 Å². The summed E-state index contributed by atoms with van der Waals surface area (Å²) in [7, 11) is 0. The first-order valence-corrected chi connectivity index (χ1v) is 8.61. The lowest BCUT2D eigenvalue weighted by Gasteiger charge is -2.21. The third-order valence-corrected chi connectivity index (χ3v) is 4.18. The maximum atomic E-state index is 12.1. The molecule has 4 nitrogen and oxygen atoms in total. The van der Waals surface area contributed by atoms with Crippen molar-refractivity contribution >= 4 is 33.4 Å². The molecule has 2 rings (SSSR count). The van der Waals surface area contributed by atoms with Crippen LogP contribution in [0.25, 0.3) is 0 Å². The Balaban J connectivity index is 1.88. The van der Waals surface area contributed by atoms with Crippen molar-refractivity contribution in [3.63, 3.8) is 0 Å². The predicted molar refractivity (Wildman–Crippen MR) is 99.8 cm³/mol. The topological polar surface area (TPSA) is 49.4 Å². The zero-order valence-electron chi connectivity index (χ0n) is 13.9. The predicted octanol–water partition coefficient (Wildman–Crippen LogP) is 3.82. The molecule has 2 aromatic carbocycles. The number of nitrogens with one attached hydrogen (secondary N) is 1. The molecule has 0 aromatic heterocycles. The molecule has 0 fully saturated rings. The third-order valence-electron chi connectivity index (χ3n) is 3.65. The molecule has 0 aliphatic heterocycles. The van der Waals surface area contributed by atoms with Gasteiger partial charge in [0, 0.05) is 36.6 Å². The van der Waals surface area contributed by atoms with Gasteiger partial charge in [-0.1, -0.05) is 45.8 Å². The number of aryl methyl sites for hydroxylation is 1. The molecular formula is C19H21BrN2O2. The van der Waals surface area contributed by atoms with Crippen LogP contribution in [0.3, 0.4) is 0 Å². The first-order chi connectivity index (χ1) is 11.5. The summed E-state index contributed by atoms with van der Waals surface area (Å²) in [6.45, 7) is 4.39. The van der Waals surface area contributed by atoms with Crippen LogP contribution in [0.2, 0.25) is 0 Å². The summed E-state index contributed by atoms with van der Waals surface area (Å²) in [5.41, 5.74) is 3.02. The minimum Gasteiger partial charge on any atom is -0.352 e. The standard InChI is InChI=1S/C19H21BrN2O2/c1-14-4-3-5-16(12-14)13-21-19(24)10-11-22(15(2)23)18-8-6-17(20)7-9-18/h3-9,12H,10-11,13H2,1-2H3,(H,21,24). The van der Waals surface area contributed by atoms with Gasteiger partial charge in [0.1, 0.15) is 0 Å². The van der Waals surface area contributed by atoms with Crippen LogP contribution in [0, 0.1) is 6.92 Å². The van der Waals surface area contributed by atoms with Gasteiger partial charge in [-0.25, -0.2) is 0 Å². The summed E-state index contributed by atoms with van der Waals surface area (Å²) in [5, 5.41) is 2.90. The Bertz CT molecular complexity index is 714. The lowest BCUT2D eigenvalue weighted by molar-refractivity contribution is -0.121. The van der Waals surface area contributed by atoms with Crippen LogP contribution in [0.4, 0.5) is 5.69 Å². The van der Waals surface area contributed by atoms with Crippen LogP contribution in [0.1, 0.15) is 24.5 Å². The number of carbonyl (C=O) groups excluding carboxylic acids is 2. The molecule has 0 unspecified atom stereocenters. The number of hydrogen-bond donors (Lipinski definition) is 1. The van der Waals surface area contributed by atoms with E-state index < -0.39 is 0 Å². The second kappa shape index (κ2) is 8.64. The normalized spacial score (nSPS) is 10.3. The summed E-state index contributed by atoms with van der Waals surface area (Å²) in [6, 6.07) is 15.5. The molecule has 2 amide bonds. The van der Waals surface area contributed by atoms with Crippen molar-refractivity contribution in [1.29, 1.82) is 0 Å². The smallest absolute Gasteiger partial charge is 0.223 e. The molecule has 0 atom stereocenters. The van der Waals surface area contributed by atoms with Gasteiger partial charge in [0.25, 0.3) is 0 Å². The number of carbonyl (C=O) groups is 2. The van der Waals surface area contributed by atoms with Gasteiger partial charge in [0.15, 0.2) is 0 Å². The van der Waals surface area contributed by atoms with Crippen LogP contribution < -0.4 is 10.2 Å². The summed E-state index contributed by atoms with van der Waals surface area (Å²) >= 11 is 3.37. The van der Waals surface area contributed by atoms with Crippen molar-refractivity contribution in [3.8, 4) is 0 Å². The Hall–Kier alpha value is -2.14. The molecule has 0 spiro atoms. The van der Waals surface area contributed by atoms with Crippen molar-refractivity contribution in [2.24, 2.45) is 0 Å². The van der Waals surface area contributed by atoms with Gasteiger partial charge in [-0.05, 0) is 36.8 Å². The van der Waals surface area contributed by atoms with Gasteiger partial charge in [-0.2, -0.15) is 0 Å². The van der Waals surface area contributed by atoms with Gasteiger partial charge < -0.3 is 10.2 Å². The number of halogens is 1. The molecular weight excluding hydrogens is 368 g/mol. The van der Waals surface area contributed by atoms with Crippen molar-refractivity contribution in [3.05, 3.63) is 64.1 Å². The van der Waals surface area contributed by atoms with E-state index in [1.807, 2.05) is 55.5 Å². The van der Waals surface area contributed by atoms with Crippen LogP contribution in [-0.4, -0.2) is 18.4 Å². The maximum Gasteiger partial charge on any atom is 0.223 e. The molecule has 2 aromatic rings. The van der Waals surface area contributed by atoms with Gasteiger partial charge in [-0.15, -0.1) is 0 Å². The van der Waals surface area contributed by atoms with Gasteiger partial charge in [0.05, 0.1) is 0 Å². The summed E-state index contributed by atoms with van der Waals surface area (Å²) < 4.78 is 0.950. The molecule has 0 saturated heterocycles. The van der Waals surface area contributed by atoms with E-state index in [0.717, 1.165) is 15.7 Å². The zero-order chi connectivity index (χ0) is 17.5. The van der Waals surface area contributed by atoms with Gasteiger partial charge in [-0.3, -0.25) is 9.59 Å². The number of benzene rings is 2. The van der Waals surface area contributed by atoms with Crippen LogP contribution in [-0.2, 0) is 16.1 Å². The minimum absolute atomic E-state index is 0.0696. The Morgan fingerprint density at radius 3 is 2.46 bits per heavy atom. The Kier molecular flexibility index (Phi) is 6.55. The van der Waals surface area contributed by atoms with E-state index in [-0.39, 0.29) is 18.2 Å². The van der Waals surface area contributed by atoms with E-state index >= 15 is 0 Å². The highest BCUT2D eigenvalue weighted by Gasteiger charge is 2.13. The largest absolute Gasteiger partial charge is 0.352 e. The fourth-order valence-electron chi connectivity index (χ4n) is 2.41. The number of hydrogen-bond acceptors (Lipinski definition) is 2. The zero-order valence-corrected chi connectivity index (χ0v) is 15.5. The Morgan fingerprint density at radius 2 is 1.83 bits per heavy atom.